The lowest BCUT2D eigenvalue weighted by molar-refractivity contribution is -0.143. The van der Waals surface area contributed by atoms with Crippen molar-refractivity contribution in [1.29, 1.82) is 0 Å². The second kappa shape index (κ2) is 6.35. The van der Waals surface area contributed by atoms with Gasteiger partial charge in [0.25, 0.3) is 5.91 Å². The highest BCUT2D eigenvalue weighted by molar-refractivity contribution is 5.86. The molecule has 0 bridgehead atoms. The molecule has 0 aliphatic carbocycles. The van der Waals surface area contributed by atoms with E-state index in [0.29, 0.717) is 24.6 Å². The van der Waals surface area contributed by atoms with E-state index in [1.54, 1.807) is 25.2 Å². The van der Waals surface area contributed by atoms with Crippen LogP contribution < -0.4 is 14.8 Å². The molecule has 5 nitrogen and oxygen atoms in total. The highest BCUT2D eigenvalue weighted by atomic mass is 19.1. The summed E-state index contributed by atoms with van der Waals surface area (Å²) >= 11 is 0. The van der Waals surface area contributed by atoms with E-state index in [0.717, 1.165) is 18.4 Å². The summed E-state index contributed by atoms with van der Waals surface area (Å²) in [5.74, 6) is 0.970. The van der Waals surface area contributed by atoms with Crippen LogP contribution in [0, 0.1) is 0 Å². The lowest BCUT2D eigenvalue weighted by atomic mass is 9.99. The van der Waals surface area contributed by atoms with Crippen LogP contribution >= 0.6 is 0 Å². The number of rotatable bonds is 4. The minimum Gasteiger partial charge on any atom is -0.497 e. The molecule has 2 aliphatic rings. The Balaban J connectivity index is 1.88. The summed E-state index contributed by atoms with van der Waals surface area (Å²) in [6.07, 6.45) is 1.93. The van der Waals surface area contributed by atoms with Crippen molar-refractivity contribution in [3.63, 3.8) is 0 Å². The topological polar surface area (TPSA) is 50.8 Å². The van der Waals surface area contributed by atoms with Gasteiger partial charge in [0.2, 0.25) is 5.67 Å². The normalized spacial score (nSPS) is 27.3. The zero-order valence-corrected chi connectivity index (χ0v) is 13.6. The van der Waals surface area contributed by atoms with Crippen molar-refractivity contribution >= 4 is 5.91 Å². The first kappa shape index (κ1) is 16.1. The molecule has 2 atom stereocenters. The number of alkyl halides is 1. The molecule has 0 unspecified atom stereocenters. The van der Waals surface area contributed by atoms with Gasteiger partial charge in [-0.1, -0.05) is 0 Å². The van der Waals surface area contributed by atoms with Crippen LogP contribution in [0.4, 0.5) is 4.39 Å². The second-order valence-corrected chi connectivity index (χ2v) is 6.16. The van der Waals surface area contributed by atoms with Crippen LogP contribution in [0.1, 0.15) is 30.9 Å². The first-order valence-corrected chi connectivity index (χ1v) is 8.02. The number of likely N-dealkylation sites (tertiary alicyclic amines) is 1. The highest BCUT2D eigenvalue weighted by Gasteiger charge is 2.47. The monoisotopic (exact) mass is 322 g/mol. The van der Waals surface area contributed by atoms with Crippen molar-refractivity contribution in [3.05, 3.63) is 23.8 Å². The second-order valence-electron chi connectivity index (χ2n) is 6.16. The van der Waals surface area contributed by atoms with Gasteiger partial charge in [-0.2, -0.15) is 0 Å². The molecule has 2 fully saturated rings. The van der Waals surface area contributed by atoms with E-state index in [-0.39, 0.29) is 19.0 Å². The van der Waals surface area contributed by atoms with Gasteiger partial charge in [0, 0.05) is 31.1 Å². The summed E-state index contributed by atoms with van der Waals surface area (Å²) in [4.78, 5) is 14.4. The Morgan fingerprint density at radius 2 is 2.22 bits per heavy atom. The first-order valence-electron chi connectivity index (χ1n) is 8.02. The van der Waals surface area contributed by atoms with Gasteiger partial charge in [0.05, 0.1) is 20.3 Å². The van der Waals surface area contributed by atoms with Gasteiger partial charge in [-0.3, -0.25) is 4.79 Å². The van der Waals surface area contributed by atoms with Crippen LogP contribution in [0.3, 0.4) is 0 Å². The molecule has 0 spiro atoms. The van der Waals surface area contributed by atoms with Gasteiger partial charge in [0.1, 0.15) is 11.5 Å². The maximum Gasteiger partial charge on any atom is 0.262 e. The van der Waals surface area contributed by atoms with E-state index in [1.807, 2.05) is 12.1 Å². The average molecular weight is 322 g/mol. The maximum absolute atomic E-state index is 14.8. The summed E-state index contributed by atoms with van der Waals surface area (Å²) in [5.41, 5.74) is -0.865. The van der Waals surface area contributed by atoms with Crippen LogP contribution in [0.25, 0.3) is 0 Å². The lowest BCUT2D eigenvalue weighted by Crippen LogP contribution is -2.47. The quantitative estimate of drug-likeness (QED) is 0.922. The summed E-state index contributed by atoms with van der Waals surface area (Å²) in [6.45, 7) is 1.24. The Kier molecular flexibility index (Phi) is 4.43. The third-order valence-corrected chi connectivity index (χ3v) is 4.80. The van der Waals surface area contributed by atoms with Gasteiger partial charge >= 0.3 is 0 Å². The van der Waals surface area contributed by atoms with Crippen LogP contribution in [-0.2, 0) is 4.79 Å². The van der Waals surface area contributed by atoms with Crippen molar-refractivity contribution in [1.82, 2.24) is 10.2 Å². The number of benzene rings is 1. The fourth-order valence-corrected chi connectivity index (χ4v) is 3.53. The van der Waals surface area contributed by atoms with E-state index < -0.39 is 11.6 Å². The Hall–Kier alpha value is -1.82. The predicted molar refractivity (Wildman–Crippen MR) is 84.6 cm³/mol. The average Bonchev–Trinajstić information content (AvgIpc) is 3.23. The summed E-state index contributed by atoms with van der Waals surface area (Å²) < 4.78 is 25.5. The summed E-state index contributed by atoms with van der Waals surface area (Å²) in [6, 6.07) is 5.42. The molecule has 1 N–H and O–H groups in total. The van der Waals surface area contributed by atoms with E-state index in [1.165, 1.54) is 0 Å². The number of ether oxygens (including phenoxy) is 2. The minimum atomic E-state index is -1.78. The molecule has 23 heavy (non-hydrogen) atoms. The number of hydrogen-bond acceptors (Lipinski definition) is 4. The molecule has 3 rings (SSSR count). The van der Waals surface area contributed by atoms with Crippen molar-refractivity contribution in [3.8, 4) is 11.5 Å². The molecule has 2 heterocycles. The first-order chi connectivity index (χ1) is 11.1. The molecule has 6 heteroatoms. The third kappa shape index (κ3) is 2.87. The molecule has 1 aromatic carbocycles. The zero-order valence-electron chi connectivity index (χ0n) is 13.6. The van der Waals surface area contributed by atoms with Crippen molar-refractivity contribution in [2.45, 2.75) is 31.0 Å². The number of methoxy groups -OCH3 is 2. The number of nitrogens with zero attached hydrogens (tertiary/aromatic N) is 1. The van der Waals surface area contributed by atoms with Gasteiger partial charge in [-0.05, 0) is 31.5 Å². The number of carbonyl (C=O) groups is 1. The van der Waals surface area contributed by atoms with Crippen LogP contribution in [0.15, 0.2) is 18.2 Å². The summed E-state index contributed by atoms with van der Waals surface area (Å²) in [7, 11) is 3.19. The number of nitrogens with one attached hydrogen (secondary N) is 1. The molecule has 0 radical (unpaired) electrons. The third-order valence-electron chi connectivity index (χ3n) is 4.80. The molecule has 1 amide bonds. The fraction of sp³-hybridized carbons (Fsp3) is 0.588. The van der Waals surface area contributed by atoms with Crippen LogP contribution in [0.2, 0.25) is 0 Å². The molecule has 1 aromatic rings. The molecule has 2 saturated heterocycles. The SMILES string of the molecule is COc1ccc([C@@H]2CCCN2C(=O)[C@@]2(F)CCNC2)c(OC)c1. The Morgan fingerprint density at radius 1 is 1.39 bits per heavy atom. The van der Waals surface area contributed by atoms with Gasteiger partial charge in [0.15, 0.2) is 0 Å². The number of halogens is 1. The standard InChI is InChI=1S/C17H23FN2O3/c1-22-12-5-6-13(15(10-12)23-2)14-4-3-9-20(14)16(21)17(18)7-8-19-11-17/h5-6,10,14,19H,3-4,7-9,11H2,1-2H3/t14-,17+/m0/s1. The van der Waals surface area contributed by atoms with E-state index >= 15 is 0 Å². The number of amides is 1. The Morgan fingerprint density at radius 3 is 2.87 bits per heavy atom. The van der Waals surface area contributed by atoms with Gasteiger partial charge in [-0.25, -0.2) is 4.39 Å². The fourth-order valence-electron chi connectivity index (χ4n) is 3.53. The molecular weight excluding hydrogens is 299 g/mol. The van der Waals surface area contributed by atoms with Crippen LogP contribution in [0.5, 0.6) is 11.5 Å². The molecule has 0 aromatic heterocycles. The lowest BCUT2D eigenvalue weighted by Gasteiger charge is -2.31. The van der Waals surface area contributed by atoms with E-state index in [2.05, 4.69) is 5.32 Å². The molecule has 2 aliphatic heterocycles. The molecular formula is C17H23FN2O3. The smallest absolute Gasteiger partial charge is 0.262 e. The molecule has 0 saturated carbocycles. The Bertz CT molecular complexity index is 587. The minimum absolute atomic E-state index is 0.106. The Labute approximate surface area is 135 Å². The van der Waals surface area contributed by atoms with Crippen molar-refractivity contribution in [2.75, 3.05) is 33.9 Å². The van der Waals surface area contributed by atoms with E-state index in [4.69, 9.17) is 9.47 Å². The van der Waals surface area contributed by atoms with Crippen molar-refractivity contribution in [2.24, 2.45) is 0 Å². The van der Waals surface area contributed by atoms with Crippen molar-refractivity contribution < 1.29 is 18.7 Å². The van der Waals surface area contributed by atoms with Gasteiger partial charge in [-0.15, -0.1) is 0 Å². The maximum atomic E-state index is 14.8. The van der Waals surface area contributed by atoms with Crippen LogP contribution in [-0.4, -0.2) is 50.3 Å². The number of carbonyl (C=O) groups excluding carboxylic acids is 1. The van der Waals surface area contributed by atoms with Gasteiger partial charge < -0.3 is 19.7 Å². The zero-order chi connectivity index (χ0) is 16.4. The summed E-state index contributed by atoms with van der Waals surface area (Å²) in [5, 5.41) is 2.95. The van der Waals surface area contributed by atoms with E-state index in [9.17, 15) is 9.18 Å². The highest BCUT2D eigenvalue weighted by Crippen LogP contribution is 2.40. The largest absolute Gasteiger partial charge is 0.497 e. The predicted octanol–water partition coefficient (Wildman–Crippen LogP) is 2.07. The molecule has 126 valence electrons. The number of hydrogen-bond donors (Lipinski definition) is 1.